The molecule has 1 aromatic rings. The van der Waals surface area contributed by atoms with Crippen molar-refractivity contribution >= 4 is 23.6 Å². The summed E-state index contributed by atoms with van der Waals surface area (Å²) in [4.78, 5) is 51.2. The molecule has 0 unspecified atom stereocenters. The summed E-state index contributed by atoms with van der Waals surface area (Å²) in [6, 6.07) is 6.21. The standard InChI is InChI=1S/C21H26N2O5/c1-14(24)17-7-3-9-22(17)19(25)12-15-5-2-6-16(11-15)13-20(26)23-10-4-8-18(23)21(27)28/h2,5-6,11,17-18H,3-4,7-10,12-13H2,1H3,(H,27,28)/t17-,18-/m1/s1. The maximum atomic E-state index is 12.6. The lowest BCUT2D eigenvalue weighted by Crippen LogP contribution is -2.41. The number of amides is 2. The number of hydrogen-bond donors (Lipinski definition) is 1. The van der Waals surface area contributed by atoms with Gasteiger partial charge in [0.1, 0.15) is 6.04 Å². The minimum absolute atomic E-state index is 0.0174. The van der Waals surface area contributed by atoms with Gasteiger partial charge in [-0.25, -0.2) is 4.79 Å². The fourth-order valence-electron chi connectivity index (χ4n) is 4.21. The van der Waals surface area contributed by atoms with E-state index in [2.05, 4.69) is 0 Å². The predicted molar refractivity (Wildman–Crippen MR) is 102 cm³/mol. The van der Waals surface area contributed by atoms with Crippen LogP contribution in [0, 0.1) is 0 Å². The average Bonchev–Trinajstić information content (AvgIpc) is 3.31. The zero-order valence-electron chi connectivity index (χ0n) is 16.1. The molecule has 0 aromatic heterocycles. The van der Waals surface area contributed by atoms with Crippen LogP contribution in [0.1, 0.15) is 43.7 Å². The molecule has 3 rings (SSSR count). The summed E-state index contributed by atoms with van der Waals surface area (Å²) < 4.78 is 0. The number of hydrogen-bond acceptors (Lipinski definition) is 4. The van der Waals surface area contributed by atoms with Gasteiger partial charge < -0.3 is 14.9 Å². The Morgan fingerprint density at radius 3 is 1.93 bits per heavy atom. The van der Waals surface area contributed by atoms with Crippen molar-refractivity contribution in [2.75, 3.05) is 13.1 Å². The van der Waals surface area contributed by atoms with Crippen LogP contribution in [0.25, 0.3) is 0 Å². The smallest absolute Gasteiger partial charge is 0.326 e. The molecular formula is C21H26N2O5. The van der Waals surface area contributed by atoms with Gasteiger partial charge in [0.15, 0.2) is 5.78 Å². The number of carboxylic acids is 1. The van der Waals surface area contributed by atoms with Gasteiger partial charge in [0.2, 0.25) is 11.8 Å². The Balaban J connectivity index is 1.64. The minimum atomic E-state index is -0.962. The van der Waals surface area contributed by atoms with Crippen LogP contribution >= 0.6 is 0 Å². The molecule has 7 nitrogen and oxygen atoms in total. The van der Waals surface area contributed by atoms with E-state index in [9.17, 15) is 24.3 Å². The molecule has 7 heteroatoms. The molecule has 2 heterocycles. The zero-order valence-corrected chi connectivity index (χ0v) is 16.1. The SMILES string of the molecule is CC(=O)[C@H]1CCCN1C(=O)Cc1cccc(CC(=O)N2CCC[C@@H]2C(=O)O)c1. The van der Waals surface area contributed by atoms with Gasteiger partial charge in [0.25, 0.3) is 0 Å². The van der Waals surface area contributed by atoms with Crippen molar-refractivity contribution in [3.63, 3.8) is 0 Å². The third-order valence-corrected chi connectivity index (χ3v) is 5.60. The summed E-state index contributed by atoms with van der Waals surface area (Å²) in [7, 11) is 0. The van der Waals surface area contributed by atoms with Crippen molar-refractivity contribution in [2.24, 2.45) is 0 Å². The highest BCUT2D eigenvalue weighted by Gasteiger charge is 2.34. The quantitative estimate of drug-likeness (QED) is 0.798. The molecule has 2 aliphatic heterocycles. The van der Waals surface area contributed by atoms with Gasteiger partial charge in [-0.3, -0.25) is 14.4 Å². The number of likely N-dealkylation sites (tertiary alicyclic amines) is 2. The number of nitrogens with zero attached hydrogens (tertiary/aromatic N) is 2. The second kappa shape index (κ2) is 8.54. The molecule has 150 valence electrons. The molecule has 2 fully saturated rings. The van der Waals surface area contributed by atoms with Gasteiger partial charge in [-0.1, -0.05) is 24.3 Å². The molecule has 0 aliphatic carbocycles. The van der Waals surface area contributed by atoms with Crippen LogP contribution in [0.4, 0.5) is 0 Å². The van der Waals surface area contributed by atoms with Crippen molar-refractivity contribution in [1.82, 2.24) is 9.80 Å². The number of rotatable bonds is 6. The molecule has 1 aromatic carbocycles. The summed E-state index contributed by atoms with van der Waals surface area (Å²) in [6.45, 7) is 2.59. The number of carbonyl (C=O) groups excluding carboxylic acids is 3. The second-order valence-corrected chi connectivity index (χ2v) is 7.61. The summed E-state index contributed by atoms with van der Waals surface area (Å²) in [6.07, 6.45) is 3.05. The third-order valence-electron chi connectivity index (χ3n) is 5.60. The molecule has 2 amide bonds. The lowest BCUT2D eigenvalue weighted by Gasteiger charge is -2.23. The van der Waals surface area contributed by atoms with Gasteiger partial charge in [-0.05, 0) is 43.7 Å². The topological polar surface area (TPSA) is 95.0 Å². The Bertz CT molecular complexity index is 730. The lowest BCUT2D eigenvalue weighted by molar-refractivity contribution is -0.148. The molecule has 0 radical (unpaired) electrons. The Hall–Kier alpha value is -2.70. The molecule has 2 aliphatic rings. The minimum Gasteiger partial charge on any atom is -0.480 e. The van der Waals surface area contributed by atoms with E-state index in [0.717, 1.165) is 24.0 Å². The Morgan fingerprint density at radius 2 is 1.43 bits per heavy atom. The normalized spacial score (nSPS) is 21.8. The van der Waals surface area contributed by atoms with Gasteiger partial charge in [-0.2, -0.15) is 0 Å². The van der Waals surface area contributed by atoms with Crippen LogP contribution in [0.2, 0.25) is 0 Å². The van der Waals surface area contributed by atoms with Gasteiger partial charge in [0, 0.05) is 13.1 Å². The number of carbonyl (C=O) groups is 4. The fraction of sp³-hybridized carbons (Fsp3) is 0.524. The van der Waals surface area contributed by atoms with Gasteiger partial charge in [0.05, 0.1) is 18.9 Å². The molecular weight excluding hydrogens is 360 g/mol. The molecule has 2 saturated heterocycles. The highest BCUT2D eigenvalue weighted by Crippen LogP contribution is 2.21. The first kappa shape index (κ1) is 20.0. The van der Waals surface area contributed by atoms with Gasteiger partial charge in [-0.15, -0.1) is 0 Å². The van der Waals surface area contributed by atoms with E-state index in [1.807, 2.05) is 18.2 Å². The van der Waals surface area contributed by atoms with Crippen molar-refractivity contribution in [3.8, 4) is 0 Å². The van der Waals surface area contributed by atoms with E-state index >= 15 is 0 Å². The van der Waals surface area contributed by atoms with Crippen LogP contribution in [0.3, 0.4) is 0 Å². The highest BCUT2D eigenvalue weighted by atomic mass is 16.4. The van der Waals surface area contributed by atoms with Crippen molar-refractivity contribution in [3.05, 3.63) is 35.4 Å². The second-order valence-electron chi connectivity index (χ2n) is 7.61. The van der Waals surface area contributed by atoms with Crippen LogP contribution in [0.5, 0.6) is 0 Å². The van der Waals surface area contributed by atoms with E-state index in [1.54, 1.807) is 11.0 Å². The summed E-state index contributed by atoms with van der Waals surface area (Å²) in [5.41, 5.74) is 1.55. The van der Waals surface area contributed by atoms with E-state index in [0.29, 0.717) is 25.9 Å². The number of benzene rings is 1. The number of ketones is 1. The van der Waals surface area contributed by atoms with Crippen LogP contribution < -0.4 is 0 Å². The largest absolute Gasteiger partial charge is 0.480 e. The fourth-order valence-corrected chi connectivity index (χ4v) is 4.21. The van der Waals surface area contributed by atoms with Crippen molar-refractivity contribution in [1.29, 1.82) is 0 Å². The number of Topliss-reactive ketones (excluding diaryl/α,β-unsaturated/α-hetero) is 1. The van der Waals surface area contributed by atoms with Crippen LogP contribution in [-0.4, -0.2) is 63.6 Å². The third kappa shape index (κ3) is 4.40. The predicted octanol–water partition coefficient (Wildman–Crippen LogP) is 1.43. The Labute approximate surface area is 164 Å². The Morgan fingerprint density at radius 1 is 0.929 bits per heavy atom. The highest BCUT2D eigenvalue weighted by molar-refractivity contribution is 5.89. The number of carboxylic acid groups (broad SMARTS) is 1. The average molecular weight is 386 g/mol. The molecule has 2 atom stereocenters. The van der Waals surface area contributed by atoms with E-state index in [1.165, 1.54) is 11.8 Å². The van der Waals surface area contributed by atoms with E-state index < -0.39 is 12.0 Å². The molecule has 1 N–H and O–H groups in total. The lowest BCUT2D eigenvalue weighted by atomic mass is 10.0. The van der Waals surface area contributed by atoms with Crippen LogP contribution in [0.15, 0.2) is 24.3 Å². The first-order chi connectivity index (χ1) is 13.4. The molecule has 28 heavy (non-hydrogen) atoms. The zero-order chi connectivity index (χ0) is 20.3. The maximum absolute atomic E-state index is 12.6. The summed E-state index contributed by atoms with van der Waals surface area (Å²) in [5.74, 6) is -1.23. The monoisotopic (exact) mass is 386 g/mol. The van der Waals surface area contributed by atoms with Gasteiger partial charge >= 0.3 is 5.97 Å². The molecule has 0 bridgehead atoms. The maximum Gasteiger partial charge on any atom is 0.326 e. The number of aliphatic carboxylic acids is 1. The summed E-state index contributed by atoms with van der Waals surface area (Å²) >= 11 is 0. The van der Waals surface area contributed by atoms with E-state index in [4.69, 9.17) is 0 Å². The van der Waals surface area contributed by atoms with Crippen LogP contribution in [-0.2, 0) is 32.0 Å². The Kier molecular flexibility index (Phi) is 6.11. The van der Waals surface area contributed by atoms with E-state index in [-0.39, 0.29) is 36.5 Å². The summed E-state index contributed by atoms with van der Waals surface area (Å²) in [5, 5.41) is 9.25. The first-order valence-corrected chi connectivity index (χ1v) is 9.77. The molecule has 0 saturated carbocycles. The molecule has 0 spiro atoms. The van der Waals surface area contributed by atoms with Crippen molar-refractivity contribution in [2.45, 2.75) is 57.5 Å². The first-order valence-electron chi connectivity index (χ1n) is 9.77. The van der Waals surface area contributed by atoms with Crippen molar-refractivity contribution < 1.29 is 24.3 Å².